The lowest BCUT2D eigenvalue weighted by Gasteiger charge is -2.20. The average Bonchev–Trinajstić information content (AvgIpc) is 2.94. The second kappa shape index (κ2) is 9.47. The molecule has 1 aromatic heterocycles. The molecule has 162 valence electrons. The van der Waals surface area contributed by atoms with Crippen molar-refractivity contribution in [3.05, 3.63) is 29.9 Å². The minimum atomic E-state index is -0.330. The molecule has 0 radical (unpaired) electrons. The van der Waals surface area contributed by atoms with E-state index in [-0.39, 0.29) is 24.5 Å². The van der Waals surface area contributed by atoms with Crippen molar-refractivity contribution >= 4 is 17.6 Å². The summed E-state index contributed by atoms with van der Waals surface area (Å²) in [6, 6.07) is 5.54. The van der Waals surface area contributed by atoms with Gasteiger partial charge in [0.15, 0.2) is 23.3 Å². The van der Waals surface area contributed by atoms with E-state index in [4.69, 9.17) is 14.0 Å². The molecule has 30 heavy (non-hydrogen) atoms. The van der Waals surface area contributed by atoms with E-state index in [1.807, 2.05) is 39.0 Å². The van der Waals surface area contributed by atoms with E-state index < -0.39 is 0 Å². The maximum absolute atomic E-state index is 12.2. The zero-order chi connectivity index (χ0) is 21.6. The van der Waals surface area contributed by atoms with Gasteiger partial charge in [-0.2, -0.15) is 4.98 Å². The first kappa shape index (κ1) is 21.4. The zero-order valence-electron chi connectivity index (χ0n) is 17.7. The molecular formula is C20H28N6O4. The van der Waals surface area contributed by atoms with Gasteiger partial charge in [0, 0.05) is 23.7 Å². The lowest BCUT2D eigenvalue weighted by atomic mass is 10.1. The monoisotopic (exact) mass is 416 g/mol. The summed E-state index contributed by atoms with van der Waals surface area (Å²) < 4.78 is 16.5. The highest BCUT2D eigenvalue weighted by Gasteiger charge is 2.15. The topological polar surface area (TPSA) is 123 Å². The molecule has 1 amide bonds. The number of carbonyl (C=O) groups excluding carboxylic acids is 1. The van der Waals surface area contributed by atoms with Crippen molar-refractivity contribution in [3.63, 3.8) is 0 Å². The summed E-state index contributed by atoms with van der Waals surface area (Å²) in [7, 11) is 0. The van der Waals surface area contributed by atoms with E-state index in [0.717, 1.165) is 12.1 Å². The second-order valence-corrected chi connectivity index (χ2v) is 7.89. The van der Waals surface area contributed by atoms with Gasteiger partial charge in [-0.05, 0) is 39.8 Å². The Hall–Kier alpha value is -3.30. The molecular weight excluding hydrogens is 388 g/mol. The van der Waals surface area contributed by atoms with E-state index in [0.29, 0.717) is 42.4 Å². The van der Waals surface area contributed by atoms with Crippen molar-refractivity contribution in [1.82, 2.24) is 20.8 Å². The highest BCUT2D eigenvalue weighted by Crippen LogP contribution is 2.32. The van der Waals surface area contributed by atoms with Crippen LogP contribution in [0.1, 0.15) is 38.9 Å². The predicted octanol–water partition coefficient (Wildman–Crippen LogP) is 2.01. The molecule has 0 saturated heterocycles. The number of benzene rings is 1. The van der Waals surface area contributed by atoms with E-state index in [2.05, 4.69) is 31.1 Å². The number of nitrogens with one attached hydrogen (secondary N) is 3. The predicted molar refractivity (Wildman–Crippen MR) is 112 cm³/mol. The smallest absolute Gasteiger partial charge is 0.246 e. The SMILES string of the molecule is Cc1noc(CNC(=NCC(=O)NC(C)(C)C)Nc2ccc3c(c2)OCCCO3)n1. The first-order valence-electron chi connectivity index (χ1n) is 9.84. The first-order valence-corrected chi connectivity index (χ1v) is 9.84. The van der Waals surface area contributed by atoms with Crippen molar-refractivity contribution in [3.8, 4) is 11.5 Å². The molecule has 2 aromatic rings. The Balaban J connectivity index is 1.71. The van der Waals surface area contributed by atoms with Crippen LogP contribution in [0, 0.1) is 6.92 Å². The first-order chi connectivity index (χ1) is 14.3. The summed E-state index contributed by atoms with van der Waals surface area (Å²) in [5, 5.41) is 12.9. The number of rotatable bonds is 5. The number of amides is 1. The van der Waals surface area contributed by atoms with Crippen molar-refractivity contribution in [2.75, 3.05) is 25.1 Å². The van der Waals surface area contributed by atoms with Crippen LogP contribution in [0.4, 0.5) is 5.69 Å². The van der Waals surface area contributed by atoms with Crippen LogP contribution in [0.15, 0.2) is 27.7 Å². The molecule has 1 aliphatic rings. The standard InChI is InChI=1S/C20H28N6O4/c1-13-23-18(30-26-13)12-22-19(21-11-17(27)25-20(2,3)4)24-14-6-7-15-16(10-14)29-9-5-8-28-15/h6-7,10H,5,8-9,11-12H2,1-4H3,(H,25,27)(H2,21,22,24). The third kappa shape index (κ3) is 6.64. The van der Waals surface area contributed by atoms with Crippen molar-refractivity contribution in [2.24, 2.45) is 4.99 Å². The van der Waals surface area contributed by atoms with Crippen LogP contribution in [0.5, 0.6) is 11.5 Å². The number of anilines is 1. The van der Waals surface area contributed by atoms with Crippen molar-refractivity contribution < 1.29 is 18.8 Å². The summed E-state index contributed by atoms with van der Waals surface area (Å²) in [5.41, 5.74) is 0.409. The van der Waals surface area contributed by atoms with Gasteiger partial charge in [-0.3, -0.25) is 4.79 Å². The molecule has 0 saturated carbocycles. The molecule has 0 bridgehead atoms. The van der Waals surface area contributed by atoms with Crippen LogP contribution >= 0.6 is 0 Å². The van der Waals surface area contributed by atoms with Gasteiger partial charge in [-0.1, -0.05) is 5.16 Å². The largest absolute Gasteiger partial charge is 0.490 e. The fraction of sp³-hybridized carbons (Fsp3) is 0.500. The number of fused-ring (bicyclic) bond motifs is 1. The maximum Gasteiger partial charge on any atom is 0.246 e. The van der Waals surface area contributed by atoms with Gasteiger partial charge in [0.25, 0.3) is 0 Å². The number of aromatic nitrogens is 2. The number of nitrogens with zero attached hydrogens (tertiary/aromatic N) is 3. The Morgan fingerprint density at radius 3 is 2.67 bits per heavy atom. The number of hydrogen-bond acceptors (Lipinski definition) is 7. The molecule has 3 N–H and O–H groups in total. The Morgan fingerprint density at radius 1 is 1.20 bits per heavy atom. The molecule has 3 rings (SSSR count). The Morgan fingerprint density at radius 2 is 1.97 bits per heavy atom. The highest BCUT2D eigenvalue weighted by molar-refractivity contribution is 5.95. The number of aryl methyl sites for hydroxylation is 1. The summed E-state index contributed by atoms with van der Waals surface area (Å²) in [6.07, 6.45) is 0.832. The second-order valence-electron chi connectivity index (χ2n) is 7.89. The van der Waals surface area contributed by atoms with E-state index in [9.17, 15) is 4.79 Å². The molecule has 1 aromatic carbocycles. The molecule has 0 fully saturated rings. The third-order valence-corrected chi connectivity index (χ3v) is 3.88. The van der Waals surface area contributed by atoms with Crippen LogP contribution in [0.3, 0.4) is 0 Å². The maximum atomic E-state index is 12.2. The number of carbonyl (C=O) groups is 1. The summed E-state index contributed by atoms with van der Waals surface area (Å²) in [4.78, 5) is 20.7. The summed E-state index contributed by atoms with van der Waals surface area (Å²) >= 11 is 0. The van der Waals surface area contributed by atoms with Crippen LogP contribution in [0.25, 0.3) is 0 Å². The van der Waals surface area contributed by atoms with Gasteiger partial charge in [0.1, 0.15) is 6.54 Å². The Kier molecular flexibility index (Phi) is 6.76. The average molecular weight is 416 g/mol. The van der Waals surface area contributed by atoms with Gasteiger partial charge in [-0.15, -0.1) is 0 Å². The van der Waals surface area contributed by atoms with Crippen LogP contribution < -0.4 is 25.4 Å². The third-order valence-electron chi connectivity index (χ3n) is 3.88. The van der Waals surface area contributed by atoms with Gasteiger partial charge in [0.05, 0.1) is 19.8 Å². The van der Waals surface area contributed by atoms with E-state index in [1.165, 1.54) is 0 Å². The molecule has 0 atom stereocenters. The Labute approximate surface area is 175 Å². The number of hydrogen-bond donors (Lipinski definition) is 3. The normalized spacial score (nSPS) is 14.1. The van der Waals surface area contributed by atoms with Crippen molar-refractivity contribution in [1.29, 1.82) is 0 Å². The van der Waals surface area contributed by atoms with Crippen LogP contribution in [0.2, 0.25) is 0 Å². The van der Waals surface area contributed by atoms with E-state index >= 15 is 0 Å². The minimum Gasteiger partial charge on any atom is -0.490 e. The highest BCUT2D eigenvalue weighted by atomic mass is 16.5. The van der Waals surface area contributed by atoms with Crippen LogP contribution in [-0.4, -0.2) is 47.3 Å². The van der Waals surface area contributed by atoms with Gasteiger partial charge in [0.2, 0.25) is 11.8 Å². The van der Waals surface area contributed by atoms with Crippen LogP contribution in [-0.2, 0) is 11.3 Å². The number of aliphatic imine (C=N–C) groups is 1. The van der Waals surface area contributed by atoms with Gasteiger partial charge in [-0.25, -0.2) is 4.99 Å². The molecule has 0 aliphatic carbocycles. The molecule has 10 nitrogen and oxygen atoms in total. The molecule has 1 aliphatic heterocycles. The molecule has 10 heteroatoms. The fourth-order valence-electron chi connectivity index (χ4n) is 2.70. The minimum absolute atomic E-state index is 0.0417. The van der Waals surface area contributed by atoms with Crippen molar-refractivity contribution in [2.45, 2.75) is 46.2 Å². The fourth-order valence-corrected chi connectivity index (χ4v) is 2.70. The molecule has 0 unspecified atom stereocenters. The Bertz CT molecular complexity index is 903. The lowest BCUT2D eigenvalue weighted by Crippen LogP contribution is -2.42. The number of guanidine groups is 1. The zero-order valence-corrected chi connectivity index (χ0v) is 17.7. The molecule has 0 spiro atoms. The van der Waals surface area contributed by atoms with Gasteiger partial charge >= 0.3 is 0 Å². The quantitative estimate of drug-likeness (QED) is 0.500. The molecule has 2 heterocycles. The number of ether oxygens (including phenoxy) is 2. The summed E-state index contributed by atoms with van der Waals surface area (Å²) in [6.45, 7) is 8.94. The lowest BCUT2D eigenvalue weighted by molar-refractivity contribution is -0.121. The van der Waals surface area contributed by atoms with Gasteiger partial charge < -0.3 is 29.9 Å². The summed E-state index contributed by atoms with van der Waals surface area (Å²) in [5.74, 6) is 2.54. The van der Waals surface area contributed by atoms with E-state index in [1.54, 1.807) is 6.92 Å².